The van der Waals surface area contributed by atoms with Crippen LogP contribution in [0.5, 0.6) is 0 Å². The second kappa shape index (κ2) is 8.64. The maximum absolute atomic E-state index is 13.2. The number of hydrogen-bond donors (Lipinski definition) is 0. The Kier molecular flexibility index (Phi) is 6.27. The third-order valence-corrected chi connectivity index (χ3v) is 5.39. The first-order chi connectivity index (χ1) is 12.6. The van der Waals surface area contributed by atoms with Gasteiger partial charge in [0.1, 0.15) is 0 Å². The number of hydrogen-bond acceptors (Lipinski definition) is 4. The molecule has 2 fully saturated rings. The molecular formula is C20H29N3O3. The van der Waals surface area contributed by atoms with Gasteiger partial charge in [0.05, 0.1) is 12.0 Å². The molecule has 0 bridgehead atoms. The minimum atomic E-state index is -0.223. The highest BCUT2D eigenvalue weighted by atomic mass is 16.5. The molecule has 1 aromatic rings. The van der Waals surface area contributed by atoms with E-state index in [9.17, 15) is 9.59 Å². The summed E-state index contributed by atoms with van der Waals surface area (Å²) in [5.41, 5.74) is 1.16. The van der Waals surface area contributed by atoms with E-state index in [0.717, 1.165) is 25.1 Å². The van der Waals surface area contributed by atoms with Crippen LogP contribution in [0, 0.1) is 5.92 Å². The molecule has 0 aromatic heterocycles. The van der Waals surface area contributed by atoms with E-state index in [1.165, 1.54) is 0 Å². The van der Waals surface area contributed by atoms with Crippen LogP contribution in [-0.2, 0) is 14.3 Å². The van der Waals surface area contributed by atoms with Gasteiger partial charge >= 0.3 is 0 Å². The largest absolute Gasteiger partial charge is 0.385 e. The number of carbonyl (C=O) groups excluding carboxylic acids is 2. The summed E-state index contributed by atoms with van der Waals surface area (Å²) in [5, 5.41) is 0. The van der Waals surface area contributed by atoms with Crippen molar-refractivity contribution in [1.82, 2.24) is 14.7 Å². The van der Waals surface area contributed by atoms with E-state index in [4.69, 9.17) is 4.74 Å². The van der Waals surface area contributed by atoms with Gasteiger partial charge in [-0.15, -0.1) is 0 Å². The number of benzene rings is 1. The first kappa shape index (κ1) is 18.9. The second-order valence-electron chi connectivity index (χ2n) is 7.31. The summed E-state index contributed by atoms with van der Waals surface area (Å²) in [7, 11) is 3.75. The third kappa shape index (κ3) is 4.24. The van der Waals surface area contributed by atoms with Gasteiger partial charge in [-0.05, 0) is 19.0 Å². The van der Waals surface area contributed by atoms with Gasteiger partial charge in [-0.25, -0.2) is 0 Å². The Labute approximate surface area is 155 Å². The van der Waals surface area contributed by atoms with Gasteiger partial charge in [0.15, 0.2) is 0 Å². The fourth-order valence-electron chi connectivity index (χ4n) is 3.93. The van der Waals surface area contributed by atoms with Gasteiger partial charge in [0.2, 0.25) is 11.8 Å². The van der Waals surface area contributed by atoms with E-state index < -0.39 is 0 Å². The van der Waals surface area contributed by atoms with Crippen molar-refractivity contribution in [3.63, 3.8) is 0 Å². The summed E-state index contributed by atoms with van der Waals surface area (Å²) in [4.78, 5) is 31.6. The topological polar surface area (TPSA) is 53.1 Å². The summed E-state index contributed by atoms with van der Waals surface area (Å²) < 4.78 is 5.06. The molecule has 2 aliphatic heterocycles. The number of rotatable bonds is 6. The highest BCUT2D eigenvalue weighted by Crippen LogP contribution is 2.29. The first-order valence-corrected chi connectivity index (χ1v) is 9.41. The van der Waals surface area contributed by atoms with Crippen molar-refractivity contribution >= 4 is 11.8 Å². The number of piperazine rings is 1. The lowest BCUT2D eigenvalue weighted by molar-refractivity contribution is -0.140. The predicted molar refractivity (Wildman–Crippen MR) is 99.6 cm³/mol. The number of amides is 2. The highest BCUT2D eigenvalue weighted by molar-refractivity contribution is 5.89. The van der Waals surface area contributed by atoms with E-state index in [1.807, 2.05) is 28.0 Å². The Bertz CT molecular complexity index is 622. The zero-order valence-corrected chi connectivity index (χ0v) is 15.8. The van der Waals surface area contributed by atoms with Crippen LogP contribution in [0.3, 0.4) is 0 Å². The molecule has 0 unspecified atom stereocenters. The Morgan fingerprint density at radius 2 is 1.96 bits per heavy atom. The van der Waals surface area contributed by atoms with Gasteiger partial charge in [-0.1, -0.05) is 30.3 Å². The van der Waals surface area contributed by atoms with Crippen molar-refractivity contribution in [2.75, 3.05) is 53.5 Å². The predicted octanol–water partition coefficient (Wildman–Crippen LogP) is 1.39. The fourth-order valence-corrected chi connectivity index (χ4v) is 3.93. The number of ether oxygens (including phenoxy) is 1. The fraction of sp³-hybridized carbons (Fsp3) is 0.600. The van der Waals surface area contributed by atoms with Crippen molar-refractivity contribution in [2.24, 2.45) is 5.92 Å². The Balaban J connectivity index is 1.68. The minimum Gasteiger partial charge on any atom is -0.385 e. The number of methoxy groups -OCH3 is 1. The quantitative estimate of drug-likeness (QED) is 0.720. The van der Waals surface area contributed by atoms with Crippen LogP contribution >= 0.6 is 0 Å². The average Bonchev–Trinajstić information content (AvgIpc) is 3.03. The number of likely N-dealkylation sites (N-methyl/N-ethyl adjacent to an activating group) is 1. The van der Waals surface area contributed by atoms with Crippen molar-refractivity contribution in [1.29, 1.82) is 0 Å². The summed E-state index contributed by atoms with van der Waals surface area (Å²) >= 11 is 0. The lowest BCUT2D eigenvalue weighted by atomic mass is 9.99. The van der Waals surface area contributed by atoms with Crippen LogP contribution in [0.2, 0.25) is 0 Å². The van der Waals surface area contributed by atoms with Crippen LogP contribution in [0.25, 0.3) is 0 Å². The molecule has 0 N–H and O–H groups in total. The minimum absolute atomic E-state index is 0.0556. The van der Waals surface area contributed by atoms with E-state index in [0.29, 0.717) is 32.7 Å². The normalized spacial score (nSPS) is 24.3. The molecule has 2 atom stereocenters. The summed E-state index contributed by atoms with van der Waals surface area (Å²) in [6.45, 7) is 4.25. The molecule has 2 saturated heterocycles. The summed E-state index contributed by atoms with van der Waals surface area (Å²) in [6, 6.07) is 10.3. The number of carbonyl (C=O) groups is 2. The van der Waals surface area contributed by atoms with Gasteiger partial charge < -0.3 is 19.4 Å². The molecule has 6 nitrogen and oxygen atoms in total. The van der Waals surface area contributed by atoms with Gasteiger partial charge in [0, 0.05) is 52.9 Å². The zero-order chi connectivity index (χ0) is 18.5. The van der Waals surface area contributed by atoms with Crippen LogP contribution in [-0.4, -0.2) is 80.0 Å². The van der Waals surface area contributed by atoms with Crippen LogP contribution in [0.4, 0.5) is 0 Å². The first-order valence-electron chi connectivity index (χ1n) is 9.41. The van der Waals surface area contributed by atoms with Crippen LogP contribution in [0.15, 0.2) is 30.3 Å². The molecule has 0 saturated carbocycles. The molecule has 26 heavy (non-hydrogen) atoms. The summed E-state index contributed by atoms with van der Waals surface area (Å²) in [5.74, 6) is -0.0148. The Hall–Kier alpha value is -1.92. The molecule has 6 heteroatoms. The Morgan fingerprint density at radius 1 is 1.19 bits per heavy atom. The van der Waals surface area contributed by atoms with Crippen molar-refractivity contribution in [2.45, 2.75) is 18.9 Å². The van der Waals surface area contributed by atoms with Crippen molar-refractivity contribution in [3.05, 3.63) is 35.9 Å². The molecule has 3 rings (SSSR count). The van der Waals surface area contributed by atoms with E-state index >= 15 is 0 Å². The molecule has 2 aliphatic rings. The molecule has 142 valence electrons. The summed E-state index contributed by atoms with van der Waals surface area (Å²) in [6.07, 6.45) is 1.14. The zero-order valence-electron chi connectivity index (χ0n) is 15.8. The lowest BCUT2D eigenvalue weighted by Gasteiger charge is -2.41. The maximum atomic E-state index is 13.2. The van der Waals surface area contributed by atoms with Crippen molar-refractivity contribution < 1.29 is 14.3 Å². The third-order valence-electron chi connectivity index (χ3n) is 5.39. The molecule has 0 radical (unpaired) electrons. The average molecular weight is 359 g/mol. The van der Waals surface area contributed by atoms with Gasteiger partial charge in [-0.2, -0.15) is 0 Å². The number of nitrogens with zero attached hydrogens (tertiary/aromatic N) is 3. The van der Waals surface area contributed by atoms with E-state index in [-0.39, 0.29) is 23.8 Å². The van der Waals surface area contributed by atoms with Crippen molar-refractivity contribution in [3.8, 4) is 0 Å². The molecule has 2 amide bonds. The van der Waals surface area contributed by atoms with Crippen LogP contribution in [0.1, 0.15) is 24.4 Å². The molecule has 0 spiro atoms. The molecule has 0 aliphatic carbocycles. The van der Waals surface area contributed by atoms with E-state index in [2.05, 4.69) is 24.1 Å². The van der Waals surface area contributed by atoms with Gasteiger partial charge in [-0.3, -0.25) is 9.59 Å². The van der Waals surface area contributed by atoms with Gasteiger partial charge in [0.25, 0.3) is 0 Å². The Morgan fingerprint density at radius 3 is 2.69 bits per heavy atom. The second-order valence-corrected chi connectivity index (χ2v) is 7.31. The molecular weight excluding hydrogens is 330 g/mol. The lowest BCUT2D eigenvalue weighted by Crippen LogP contribution is -2.51. The van der Waals surface area contributed by atoms with E-state index in [1.54, 1.807) is 7.11 Å². The maximum Gasteiger partial charge on any atom is 0.228 e. The smallest absolute Gasteiger partial charge is 0.228 e. The standard InChI is InChI=1S/C20H29N3O3/c1-21-10-11-23(18(15-21)16-7-4-3-5-8-16)20(25)17-13-19(24)22(14-17)9-6-12-26-2/h3-5,7-8,17-18H,6,9-15H2,1-2H3/t17-,18+/m0/s1. The SMILES string of the molecule is COCCCN1C[C@@H](C(=O)N2CCN(C)C[C@@H]2c2ccccc2)CC1=O. The van der Waals surface area contributed by atoms with Crippen LogP contribution < -0.4 is 0 Å². The molecule has 2 heterocycles. The monoisotopic (exact) mass is 359 g/mol. The highest BCUT2D eigenvalue weighted by Gasteiger charge is 2.39. The number of likely N-dealkylation sites (tertiary alicyclic amines) is 1. The molecule has 1 aromatic carbocycles.